The lowest BCUT2D eigenvalue weighted by Crippen LogP contribution is -2.41. The molecule has 1 saturated heterocycles. The molecule has 7 nitrogen and oxygen atoms in total. The Morgan fingerprint density at radius 3 is 2.79 bits per heavy atom. The summed E-state index contributed by atoms with van der Waals surface area (Å²) in [6.07, 6.45) is 0.410. The van der Waals surface area contributed by atoms with Crippen molar-refractivity contribution < 1.29 is 18.4 Å². The maximum absolute atomic E-state index is 12.3. The van der Waals surface area contributed by atoms with Crippen LogP contribution in [0.3, 0.4) is 0 Å². The Hall–Kier alpha value is -0.740. The van der Waals surface area contributed by atoms with Crippen LogP contribution in [0.1, 0.15) is 12.8 Å². The van der Waals surface area contributed by atoms with E-state index in [-0.39, 0.29) is 15.1 Å². The molecule has 2 heterocycles. The smallest absolute Gasteiger partial charge is 0.300 e. The van der Waals surface area contributed by atoms with Gasteiger partial charge in [0.05, 0.1) is 11.0 Å². The average Bonchev–Trinajstić information content (AvgIpc) is 2.72. The quantitative estimate of drug-likeness (QED) is 0.669. The first kappa shape index (κ1) is 14.7. The van der Waals surface area contributed by atoms with Gasteiger partial charge < -0.3 is 5.11 Å². The molecule has 1 aromatic rings. The Labute approximate surface area is 118 Å². The van der Waals surface area contributed by atoms with Gasteiger partial charge in [-0.3, -0.25) is 10.1 Å². The lowest BCUT2D eigenvalue weighted by atomic mass is 10.1. The predicted molar refractivity (Wildman–Crippen MR) is 70.0 cm³/mol. The first-order valence-corrected chi connectivity index (χ1v) is 8.08. The number of nitro groups is 1. The lowest BCUT2D eigenvalue weighted by molar-refractivity contribution is -0.384. The molecule has 10 heteroatoms. The van der Waals surface area contributed by atoms with Crippen molar-refractivity contribution >= 4 is 38.6 Å². The highest BCUT2D eigenvalue weighted by Crippen LogP contribution is 2.37. The Kier molecular flexibility index (Phi) is 4.11. The van der Waals surface area contributed by atoms with Gasteiger partial charge >= 0.3 is 0 Å². The molecule has 1 N–H and O–H groups in total. The minimum atomic E-state index is -3.83. The summed E-state index contributed by atoms with van der Waals surface area (Å²) in [5, 5.41) is 20.2. The van der Waals surface area contributed by atoms with E-state index in [9.17, 15) is 23.6 Å². The van der Waals surface area contributed by atoms with E-state index in [0.717, 1.165) is 10.4 Å². The lowest BCUT2D eigenvalue weighted by Gasteiger charge is -2.28. The summed E-state index contributed by atoms with van der Waals surface area (Å²) in [7, 11) is -3.83. The van der Waals surface area contributed by atoms with Gasteiger partial charge in [0.1, 0.15) is 4.21 Å². The second kappa shape index (κ2) is 5.33. The van der Waals surface area contributed by atoms with Gasteiger partial charge in [-0.05, 0) is 12.8 Å². The second-order valence-corrected chi connectivity index (χ2v) is 7.96. The van der Waals surface area contributed by atoms with Crippen molar-refractivity contribution in [1.82, 2.24) is 4.31 Å². The molecule has 1 fully saturated rings. The minimum Gasteiger partial charge on any atom is -0.392 e. The normalized spacial score (nSPS) is 21.5. The van der Waals surface area contributed by atoms with Crippen molar-refractivity contribution in [3.63, 3.8) is 0 Å². The van der Waals surface area contributed by atoms with Gasteiger partial charge in [0.15, 0.2) is 4.34 Å². The Bertz CT molecular complexity index is 600. The van der Waals surface area contributed by atoms with Crippen LogP contribution < -0.4 is 0 Å². The van der Waals surface area contributed by atoms with E-state index in [1.807, 2.05) is 0 Å². The summed E-state index contributed by atoms with van der Waals surface area (Å²) in [6.45, 7) is 0.300. The number of β-amino-alcohol motifs (C(OH)–C–C–N with tert-alkyl or cyclic N) is 1. The number of aliphatic hydroxyl groups is 1. The molecule has 0 unspecified atom stereocenters. The topological polar surface area (TPSA) is 101 Å². The number of piperidine rings is 1. The van der Waals surface area contributed by atoms with Crippen molar-refractivity contribution in [3.05, 3.63) is 20.5 Å². The molecule has 0 saturated carbocycles. The Balaban J connectivity index is 2.34. The van der Waals surface area contributed by atoms with E-state index in [2.05, 4.69) is 0 Å². The van der Waals surface area contributed by atoms with Gasteiger partial charge in [0.25, 0.3) is 15.7 Å². The Morgan fingerprint density at radius 1 is 1.58 bits per heavy atom. The van der Waals surface area contributed by atoms with E-state index in [0.29, 0.717) is 30.7 Å². The monoisotopic (exact) mass is 326 g/mol. The van der Waals surface area contributed by atoms with Crippen LogP contribution >= 0.6 is 22.9 Å². The van der Waals surface area contributed by atoms with E-state index in [1.54, 1.807) is 0 Å². The number of hydrogen-bond donors (Lipinski definition) is 1. The summed E-state index contributed by atoms with van der Waals surface area (Å²) < 4.78 is 25.3. The van der Waals surface area contributed by atoms with Gasteiger partial charge in [-0.15, -0.1) is 11.3 Å². The largest absolute Gasteiger partial charge is 0.392 e. The third kappa shape index (κ3) is 2.90. The number of nitrogens with zero attached hydrogens (tertiary/aromatic N) is 2. The SMILES string of the molecule is O=[N+]([O-])c1cc(S(=O)(=O)N2CCC[C@H](O)C2)sc1Cl. The first-order chi connectivity index (χ1) is 8.82. The maximum Gasteiger partial charge on any atom is 0.300 e. The molecule has 0 amide bonds. The van der Waals surface area contributed by atoms with Crippen LogP contribution in [0.2, 0.25) is 4.34 Å². The summed E-state index contributed by atoms with van der Waals surface area (Å²) in [6, 6.07) is 0.962. The highest BCUT2D eigenvalue weighted by Gasteiger charge is 2.33. The fourth-order valence-corrected chi connectivity index (χ4v) is 5.19. The standard InChI is InChI=1S/C9H11ClN2O5S2/c10-9-7(12(14)15)4-8(18-9)19(16,17)11-3-1-2-6(13)5-11/h4,6,13H,1-3,5H2/t6-/m0/s1. The van der Waals surface area contributed by atoms with Crippen LogP contribution in [0.5, 0.6) is 0 Å². The molecular weight excluding hydrogens is 316 g/mol. The molecule has 19 heavy (non-hydrogen) atoms. The van der Waals surface area contributed by atoms with Crippen molar-refractivity contribution in [3.8, 4) is 0 Å². The number of aliphatic hydroxyl groups excluding tert-OH is 1. The van der Waals surface area contributed by atoms with Crippen LogP contribution in [-0.2, 0) is 10.0 Å². The molecule has 1 aliphatic heterocycles. The summed E-state index contributed by atoms with van der Waals surface area (Å²) in [5.74, 6) is 0. The molecular formula is C9H11ClN2O5S2. The van der Waals surface area contributed by atoms with Gasteiger partial charge in [0.2, 0.25) is 0 Å². The number of hydrogen-bond acceptors (Lipinski definition) is 6. The maximum atomic E-state index is 12.3. The van der Waals surface area contributed by atoms with Crippen molar-refractivity contribution in [2.24, 2.45) is 0 Å². The molecule has 0 bridgehead atoms. The van der Waals surface area contributed by atoms with Crippen LogP contribution in [0.25, 0.3) is 0 Å². The van der Waals surface area contributed by atoms with E-state index >= 15 is 0 Å². The molecule has 0 aliphatic carbocycles. The summed E-state index contributed by atoms with van der Waals surface area (Å²) in [4.78, 5) is 9.95. The molecule has 1 aromatic heterocycles. The third-order valence-electron chi connectivity index (χ3n) is 2.80. The molecule has 1 atom stereocenters. The Morgan fingerprint density at radius 2 is 2.26 bits per heavy atom. The fourth-order valence-electron chi connectivity index (χ4n) is 1.86. The predicted octanol–water partition coefficient (Wildman–Crippen LogP) is 1.46. The third-order valence-corrected chi connectivity index (χ3v) is 6.45. The van der Waals surface area contributed by atoms with Crippen LogP contribution in [0.4, 0.5) is 5.69 Å². The van der Waals surface area contributed by atoms with E-state index in [4.69, 9.17) is 11.6 Å². The number of halogens is 1. The van der Waals surface area contributed by atoms with Gasteiger partial charge in [-0.2, -0.15) is 4.31 Å². The highest BCUT2D eigenvalue weighted by atomic mass is 35.5. The summed E-state index contributed by atoms with van der Waals surface area (Å²) in [5.41, 5.74) is -0.414. The van der Waals surface area contributed by atoms with Gasteiger partial charge in [0, 0.05) is 19.2 Å². The van der Waals surface area contributed by atoms with Crippen molar-refractivity contribution in [2.75, 3.05) is 13.1 Å². The zero-order valence-electron chi connectivity index (χ0n) is 9.65. The van der Waals surface area contributed by atoms with Crippen LogP contribution in [0, 0.1) is 10.1 Å². The second-order valence-electron chi connectivity index (χ2n) is 4.14. The molecule has 2 rings (SSSR count). The zero-order valence-corrected chi connectivity index (χ0v) is 12.0. The van der Waals surface area contributed by atoms with Gasteiger partial charge in [-0.1, -0.05) is 11.6 Å². The number of rotatable bonds is 3. The molecule has 0 radical (unpaired) electrons. The molecule has 106 valence electrons. The number of sulfonamides is 1. The molecule has 1 aliphatic rings. The average molecular weight is 327 g/mol. The van der Waals surface area contributed by atoms with E-state index < -0.39 is 26.7 Å². The molecule has 0 spiro atoms. The van der Waals surface area contributed by atoms with Gasteiger partial charge in [-0.25, -0.2) is 8.42 Å². The minimum absolute atomic E-state index is 0.00561. The van der Waals surface area contributed by atoms with E-state index in [1.165, 1.54) is 0 Å². The van der Waals surface area contributed by atoms with Crippen LogP contribution in [-0.4, -0.2) is 41.9 Å². The molecule has 0 aromatic carbocycles. The summed E-state index contributed by atoms with van der Waals surface area (Å²) >= 11 is 6.32. The van der Waals surface area contributed by atoms with Crippen LogP contribution in [0.15, 0.2) is 10.3 Å². The highest BCUT2D eigenvalue weighted by molar-refractivity contribution is 7.91. The first-order valence-electron chi connectivity index (χ1n) is 5.44. The number of thiophene rings is 1. The van der Waals surface area contributed by atoms with Crippen molar-refractivity contribution in [1.29, 1.82) is 0 Å². The van der Waals surface area contributed by atoms with Crippen molar-refractivity contribution in [2.45, 2.75) is 23.2 Å². The fraction of sp³-hybridized carbons (Fsp3) is 0.556. The zero-order chi connectivity index (χ0) is 14.2.